The van der Waals surface area contributed by atoms with E-state index in [2.05, 4.69) is 10.4 Å². The third-order valence-corrected chi connectivity index (χ3v) is 6.19. The maximum Gasteiger partial charge on any atom is 0.331 e. The lowest BCUT2D eigenvalue weighted by Gasteiger charge is -2.09. The van der Waals surface area contributed by atoms with Gasteiger partial charge in [0.1, 0.15) is 5.15 Å². The van der Waals surface area contributed by atoms with E-state index < -0.39 is 15.8 Å². The highest BCUT2D eigenvalue weighted by Crippen LogP contribution is 2.30. The van der Waals surface area contributed by atoms with Gasteiger partial charge >= 0.3 is 5.97 Å². The Kier molecular flexibility index (Phi) is 7.05. The highest BCUT2D eigenvalue weighted by atomic mass is 35.5. The van der Waals surface area contributed by atoms with Crippen LogP contribution in [0, 0.1) is 12.8 Å². The van der Waals surface area contributed by atoms with Crippen molar-refractivity contribution in [2.75, 3.05) is 24.7 Å². The van der Waals surface area contributed by atoms with Gasteiger partial charge in [-0.05, 0) is 25.3 Å². The molecule has 0 spiro atoms. The van der Waals surface area contributed by atoms with E-state index in [1.54, 1.807) is 6.92 Å². The van der Waals surface area contributed by atoms with Gasteiger partial charge < -0.3 is 10.1 Å². The van der Waals surface area contributed by atoms with Crippen LogP contribution in [0.3, 0.4) is 0 Å². The molecule has 0 saturated carbocycles. The molecule has 10 heteroatoms. The lowest BCUT2D eigenvalue weighted by atomic mass is 10.2. The van der Waals surface area contributed by atoms with E-state index in [0.717, 1.165) is 0 Å². The molecule has 8 nitrogen and oxygen atoms in total. The predicted octanol–water partition coefficient (Wildman–Crippen LogP) is 1.53. The molecule has 1 amide bonds. The third kappa shape index (κ3) is 6.07. The van der Waals surface area contributed by atoms with Crippen molar-refractivity contribution >= 4 is 39.4 Å². The number of nitrogens with one attached hydrogen (secondary N) is 1. The number of aromatic nitrogens is 2. The van der Waals surface area contributed by atoms with Gasteiger partial charge in [-0.1, -0.05) is 25.4 Å². The first-order valence-corrected chi connectivity index (χ1v) is 10.9. The molecule has 1 aromatic heterocycles. The van der Waals surface area contributed by atoms with Crippen molar-refractivity contribution in [1.29, 1.82) is 0 Å². The average molecular weight is 418 g/mol. The van der Waals surface area contributed by atoms with Crippen LogP contribution in [0.1, 0.15) is 37.6 Å². The number of amides is 1. The number of ether oxygens (including phenoxy) is 1. The largest absolute Gasteiger partial charge is 0.452 e. The van der Waals surface area contributed by atoms with E-state index >= 15 is 0 Å². The summed E-state index contributed by atoms with van der Waals surface area (Å²) < 4.78 is 29.7. The molecule has 2 heterocycles. The number of sulfone groups is 1. The Bertz CT molecular complexity index is 845. The number of hydrogen-bond donors (Lipinski definition) is 1. The molecule has 0 bridgehead atoms. The molecular formula is C17H24ClN3O5S. The normalized spacial score (nSPS) is 18.9. The molecule has 1 atom stereocenters. The van der Waals surface area contributed by atoms with Crippen LogP contribution in [0.5, 0.6) is 0 Å². The van der Waals surface area contributed by atoms with Gasteiger partial charge in [0, 0.05) is 18.2 Å². The van der Waals surface area contributed by atoms with E-state index in [9.17, 15) is 18.0 Å². The topological polar surface area (TPSA) is 107 Å². The first-order chi connectivity index (χ1) is 12.6. The molecule has 0 aromatic carbocycles. The molecule has 1 saturated heterocycles. The average Bonchev–Trinajstić information content (AvgIpc) is 3.08. The van der Waals surface area contributed by atoms with E-state index in [-0.39, 0.29) is 35.2 Å². The lowest BCUT2D eigenvalue weighted by Crippen LogP contribution is -2.31. The molecule has 1 N–H and O–H groups in total. The Hall–Kier alpha value is -1.87. The van der Waals surface area contributed by atoms with Gasteiger partial charge in [-0.15, -0.1) is 0 Å². The van der Waals surface area contributed by atoms with Crippen LogP contribution in [0.25, 0.3) is 6.08 Å². The molecule has 0 unspecified atom stereocenters. The summed E-state index contributed by atoms with van der Waals surface area (Å²) >= 11 is 6.32. The van der Waals surface area contributed by atoms with Crippen molar-refractivity contribution in [1.82, 2.24) is 15.1 Å². The number of aryl methyl sites for hydroxylation is 1. The van der Waals surface area contributed by atoms with Crippen LogP contribution < -0.4 is 5.32 Å². The molecule has 1 aliphatic rings. The van der Waals surface area contributed by atoms with E-state index in [1.807, 2.05) is 13.8 Å². The molecule has 27 heavy (non-hydrogen) atoms. The van der Waals surface area contributed by atoms with Crippen molar-refractivity contribution in [3.05, 3.63) is 22.5 Å². The standard InChI is InChI=1S/C17H24ClN3O5S/c1-11(2)8-19-15(22)9-26-16(23)5-4-14-12(3)20-21(17(14)18)13-6-7-27(24,25)10-13/h4-5,11,13H,6-10H2,1-3H3,(H,19,22)/b5-4+/t13-/m0/s1. The third-order valence-electron chi connectivity index (χ3n) is 4.06. The summed E-state index contributed by atoms with van der Waals surface area (Å²) in [6, 6.07) is -0.306. The molecule has 1 aromatic rings. The van der Waals surface area contributed by atoms with Gasteiger partial charge in [0.05, 0.1) is 23.2 Å². The number of nitrogens with zero attached hydrogens (tertiary/aromatic N) is 2. The number of esters is 1. The zero-order valence-electron chi connectivity index (χ0n) is 15.6. The molecule has 1 fully saturated rings. The van der Waals surface area contributed by atoms with Crippen molar-refractivity contribution in [3.8, 4) is 0 Å². The fraction of sp³-hybridized carbons (Fsp3) is 0.588. The second-order valence-corrected chi connectivity index (χ2v) is 9.52. The zero-order valence-corrected chi connectivity index (χ0v) is 17.1. The lowest BCUT2D eigenvalue weighted by molar-refractivity contribution is -0.143. The van der Waals surface area contributed by atoms with Gasteiger partial charge in [-0.3, -0.25) is 4.79 Å². The van der Waals surface area contributed by atoms with Crippen molar-refractivity contribution < 1.29 is 22.7 Å². The Morgan fingerprint density at radius 2 is 2.15 bits per heavy atom. The highest BCUT2D eigenvalue weighted by molar-refractivity contribution is 7.91. The first-order valence-electron chi connectivity index (χ1n) is 8.65. The van der Waals surface area contributed by atoms with E-state index in [4.69, 9.17) is 16.3 Å². The predicted molar refractivity (Wildman–Crippen MR) is 102 cm³/mol. The molecule has 2 rings (SSSR count). The number of halogens is 1. The Labute approximate surface area is 163 Å². The molecule has 150 valence electrons. The summed E-state index contributed by atoms with van der Waals surface area (Å²) in [6.07, 6.45) is 3.08. The van der Waals surface area contributed by atoms with Crippen LogP contribution >= 0.6 is 11.6 Å². The van der Waals surface area contributed by atoms with Crippen molar-refractivity contribution in [2.45, 2.75) is 33.2 Å². The number of hydrogen-bond acceptors (Lipinski definition) is 6. The Morgan fingerprint density at radius 1 is 1.44 bits per heavy atom. The fourth-order valence-electron chi connectivity index (χ4n) is 2.64. The first kappa shape index (κ1) is 21.4. The molecule has 0 radical (unpaired) electrons. The molecule has 1 aliphatic heterocycles. The van der Waals surface area contributed by atoms with Gasteiger partial charge in [-0.25, -0.2) is 17.9 Å². The van der Waals surface area contributed by atoms with Crippen LogP contribution in [-0.2, 0) is 24.2 Å². The summed E-state index contributed by atoms with van der Waals surface area (Å²) in [4.78, 5) is 23.3. The van der Waals surface area contributed by atoms with E-state index in [0.29, 0.717) is 30.1 Å². The summed E-state index contributed by atoms with van der Waals surface area (Å²) in [7, 11) is -3.06. The van der Waals surface area contributed by atoms with Crippen molar-refractivity contribution in [2.24, 2.45) is 5.92 Å². The number of carbonyl (C=O) groups excluding carboxylic acids is 2. The molecule has 0 aliphatic carbocycles. The van der Waals surface area contributed by atoms with Crippen LogP contribution in [-0.4, -0.2) is 54.7 Å². The zero-order chi connectivity index (χ0) is 20.2. The smallest absolute Gasteiger partial charge is 0.331 e. The maximum atomic E-state index is 11.8. The molecular weight excluding hydrogens is 394 g/mol. The second-order valence-electron chi connectivity index (χ2n) is 6.93. The number of rotatable bonds is 7. The van der Waals surface area contributed by atoms with Crippen LogP contribution in [0.2, 0.25) is 5.15 Å². The summed E-state index contributed by atoms with van der Waals surface area (Å²) in [5.41, 5.74) is 1.09. The van der Waals surface area contributed by atoms with Gasteiger partial charge in [0.25, 0.3) is 5.91 Å². The minimum Gasteiger partial charge on any atom is -0.452 e. The highest BCUT2D eigenvalue weighted by Gasteiger charge is 2.31. The van der Waals surface area contributed by atoms with Gasteiger partial charge in [0.15, 0.2) is 16.4 Å². The summed E-state index contributed by atoms with van der Waals surface area (Å²) in [5, 5.41) is 7.22. The maximum absolute atomic E-state index is 11.8. The van der Waals surface area contributed by atoms with Gasteiger partial charge in [-0.2, -0.15) is 5.10 Å². The van der Waals surface area contributed by atoms with E-state index in [1.165, 1.54) is 16.8 Å². The summed E-state index contributed by atoms with van der Waals surface area (Å²) in [5.74, 6) is -0.620. The fourth-order valence-corrected chi connectivity index (χ4v) is 4.70. The minimum atomic E-state index is -3.06. The Balaban J connectivity index is 1.97. The van der Waals surface area contributed by atoms with Crippen LogP contribution in [0.15, 0.2) is 6.08 Å². The second kappa shape index (κ2) is 8.88. The monoisotopic (exact) mass is 417 g/mol. The summed E-state index contributed by atoms with van der Waals surface area (Å²) in [6.45, 7) is 5.79. The van der Waals surface area contributed by atoms with Crippen molar-refractivity contribution in [3.63, 3.8) is 0 Å². The SMILES string of the molecule is Cc1nn([C@H]2CCS(=O)(=O)C2)c(Cl)c1/C=C/C(=O)OCC(=O)NCC(C)C. The number of carbonyl (C=O) groups is 2. The van der Waals surface area contributed by atoms with Crippen LogP contribution in [0.4, 0.5) is 0 Å². The quantitative estimate of drug-likeness (QED) is 0.532. The minimum absolute atomic E-state index is 0.00449. The Morgan fingerprint density at radius 3 is 2.74 bits per heavy atom. The van der Waals surface area contributed by atoms with Gasteiger partial charge in [0.2, 0.25) is 0 Å².